The van der Waals surface area contributed by atoms with E-state index in [-0.39, 0.29) is 6.10 Å². The molecule has 0 aliphatic carbocycles. The summed E-state index contributed by atoms with van der Waals surface area (Å²) in [6.07, 6.45) is 2.03. The van der Waals surface area contributed by atoms with Crippen LogP contribution in [0.15, 0.2) is 18.3 Å². The number of hydrogen-bond donors (Lipinski definition) is 2. The first kappa shape index (κ1) is 12.3. The van der Waals surface area contributed by atoms with Crippen LogP contribution in [0.1, 0.15) is 19.4 Å². The second-order valence-corrected chi connectivity index (χ2v) is 4.58. The molecule has 94 valence electrons. The molecule has 2 heterocycles. The number of hydrazine groups is 1. The maximum atomic E-state index is 5.62. The van der Waals surface area contributed by atoms with Gasteiger partial charge >= 0.3 is 0 Å². The fourth-order valence-corrected chi connectivity index (χ4v) is 2.11. The Labute approximate surface area is 102 Å². The van der Waals surface area contributed by atoms with Crippen molar-refractivity contribution < 1.29 is 4.74 Å². The van der Waals surface area contributed by atoms with E-state index in [1.54, 1.807) is 6.20 Å². The van der Waals surface area contributed by atoms with Crippen LogP contribution < -0.4 is 11.3 Å². The third-order valence-electron chi connectivity index (χ3n) is 3.14. The molecule has 2 rings (SSSR count). The van der Waals surface area contributed by atoms with Crippen molar-refractivity contribution in [2.75, 3.05) is 18.6 Å². The van der Waals surface area contributed by atoms with Crippen LogP contribution in [-0.2, 0) is 11.3 Å². The van der Waals surface area contributed by atoms with Crippen LogP contribution >= 0.6 is 0 Å². The van der Waals surface area contributed by atoms with Crippen molar-refractivity contribution in [2.24, 2.45) is 5.84 Å². The summed E-state index contributed by atoms with van der Waals surface area (Å²) >= 11 is 0. The Morgan fingerprint density at radius 3 is 3.18 bits per heavy atom. The number of anilines is 1. The van der Waals surface area contributed by atoms with E-state index in [2.05, 4.69) is 35.2 Å². The Kier molecular flexibility index (Phi) is 3.93. The van der Waals surface area contributed by atoms with Gasteiger partial charge in [-0.05, 0) is 19.9 Å². The van der Waals surface area contributed by atoms with E-state index < -0.39 is 0 Å². The lowest BCUT2D eigenvalue weighted by atomic mass is 10.1. The average Bonchev–Trinajstić information content (AvgIpc) is 2.34. The number of ether oxygens (including phenoxy) is 1. The monoisotopic (exact) mass is 236 g/mol. The minimum Gasteiger partial charge on any atom is -0.376 e. The standard InChI is InChI=1S/C12H20N4O/c1-9-8-17-10(2)6-16(9)7-11-4-3-5-14-12(11)15-13/h3-5,9-10H,6-8,13H2,1-2H3,(H,14,15). The molecule has 1 aromatic heterocycles. The predicted octanol–water partition coefficient (Wildman–Crippen LogP) is 0.976. The van der Waals surface area contributed by atoms with Crippen LogP contribution in [0, 0.1) is 0 Å². The van der Waals surface area contributed by atoms with E-state index in [0.717, 1.165) is 31.1 Å². The third kappa shape index (κ3) is 2.94. The lowest BCUT2D eigenvalue weighted by molar-refractivity contribution is -0.0526. The second kappa shape index (κ2) is 5.44. The number of morpholine rings is 1. The summed E-state index contributed by atoms with van der Waals surface area (Å²) < 4.78 is 5.62. The highest BCUT2D eigenvalue weighted by Crippen LogP contribution is 2.18. The molecule has 17 heavy (non-hydrogen) atoms. The van der Waals surface area contributed by atoms with Crippen LogP contribution in [-0.4, -0.2) is 35.2 Å². The van der Waals surface area contributed by atoms with Crippen molar-refractivity contribution in [3.05, 3.63) is 23.9 Å². The molecule has 0 aromatic carbocycles. The molecule has 0 bridgehead atoms. The smallest absolute Gasteiger partial charge is 0.144 e. The highest BCUT2D eigenvalue weighted by atomic mass is 16.5. The molecule has 0 amide bonds. The van der Waals surface area contributed by atoms with Gasteiger partial charge in [0.05, 0.1) is 12.7 Å². The van der Waals surface area contributed by atoms with Crippen LogP contribution in [0.3, 0.4) is 0 Å². The van der Waals surface area contributed by atoms with Crippen LogP contribution in [0.25, 0.3) is 0 Å². The molecular weight excluding hydrogens is 216 g/mol. The minimum atomic E-state index is 0.289. The topological polar surface area (TPSA) is 63.4 Å². The Morgan fingerprint density at radius 1 is 1.59 bits per heavy atom. The van der Waals surface area contributed by atoms with E-state index in [4.69, 9.17) is 10.6 Å². The fourth-order valence-electron chi connectivity index (χ4n) is 2.11. The van der Waals surface area contributed by atoms with Gasteiger partial charge in [0.1, 0.15) is 5.82 Å². The number of rotatable bonds is 3. The zero-order valence-electron chi connectivity index (χ0n) is 10.4. The highest BCUT2D eigenvalue weighted by molar-refractivity contribution is 5.42. The highest BCUT2D eigenvalue weighted by Gasteiger charge is 2.23. The van der Waals surface area contributed by atoms with Crippen molar-refractivity contribution in [3.8, 4) is 0 Å². The molecule has 1 fully saturated rings. The quantitative estimate of drug-likeness (QED) is 0.605. The van der Waals surface area contributed by atoms with Gasteiger partial charge in [0.2, 0.25) is 0 Å². The largest absolute Gasteiger partial charge is 0.376 e. The first-order valence-corrected chi connectivity index (χ1v) is 5.97. The first-order valence-electron chi connectivity index (χ1n) is 5.97. The molecule has 0 saturated carbocycles. The van der Waals surface area contributed by atoms with E-state index in [1.807, 2.05) is 6.07 Å². The van der Waals surface area contributed by atoms with Gasteiger partial charge in [0.25, 0.3) is 0 Å². The van der Waals surface area contributed by atoms with Crippen LogP contribution in [0.5, 0.6) is 0 Å². The lowest BCUT2D eigenvalue weighted by Gasteiger charge is -2.36. The zero-order chi connectivity index (χ0) is 12.3. The SMILES string of the molecule is CC1CN(Cc2cccnc2NN)C(C)CO1. The molecule has 5 heteroatoms. The molecule has 0 spiro atoms. The van der Waals surface area contributed by atoms with E-state index in [1.165, 1.54) is 0 Å². The minimum absolute atomic E-state index is 0.289. The predicted molar refractivity (Wildman–Crippen MR) is 67.3 cm³/mol. The normalized spacial score (nSPS) is 25.8. The van der Waals surface area contributed by atoms with Crippen molar-refractivity contribution in [1.29, 1.82) is 0 Å². The number of nitrogens with two attached hydrogens (primary N) is 1. The summed E-state index contributed by atoms with van der Waals surface area (Å²) in [7, 11) is 0. The summed E-state index contributed by atoms with van der Waals surface area (Å²) in [5, 5.41) is 0. The van der Waals surface area contributed by atoms with Gasteiger partial charge in [-0.2, -0.15) is 0 Å². The summed E-state index contributed by atoms with van der Waals surface area (Å²) in [6.45, 7) is 6.86. The van der Waals surface area contributed by atoms with Crippen LogP contribution in [0.4, 0.5) is 5.82 Å². The molecule has 1 aliphatic rings. The number of hydrogen-bond acceptors (Lipinski definition) is 5. The van der Waals surface area contributed by atoms with Gasteiger partial charge in [-0.25, -0.2) is 10.8 Å². The Morgan fingerprint density at radius 2 is 2.41 bits per heavy atom. The number of nitrogens with one attached hydrogen (secondary N) is 1. The van der Waals surface area contributed by atoms with Gasteiger partial charge in [0.15, 0.2) is 0 Å². The van der Waals surface area contributed by atoms with Crippen molar-refractivity contribution >= 4 is 5.82 Å². The van der Waals surface area contributed by atoms with Gasteiger partial charge < -0.3 is 10.2 Å². The summed E-state index contributed by atoms with van der Waals surface area (Å²) in [5.74, 6) is 6.21. The summed E-state index contributed by atoms with van der Waals surface area (Å²) in [6, 6.07) is 4.41. The molecule has 0 radical (unpaired) electrons. The maximum Gasteiger partial charge on any atom is 0.144 e. The number of nitrogen functional groups attached to an aromatic ring is 1. The lowest BCUT2D eigenvalue weighted by Crippen LogP contribution is -2.46. The molecular formula is C12H20N4O. The Bertz CT molecular complexity index is 371. The second-order valence-electron chi connectivity index (χ2n) is 4.58. The molecule has 2 unspecified atom stereocenters. The molecule has 5 nitrogen and oxygen atoms in total. The van der Waals surface area contributed by atoms with E-state index in [9.17, 15) is 0 Å². The van der Waals surface area contributed by atoms with Crippen molar-refractivity contribution in [3.63, 3.8) is 0 Å². The average molecular weight is 236 g/mol. The maximum absolute atomic E-state index is 5.62. The Balaban J connectivity index is 2.08. The molecule has 3 N–H and O–H groups in total. The molecule has 2 atom stereocenters. The third-order valence-corrected chi connectivity index (χ3v) is 3.14. The number of pyridine rings is 1. The molecule has 1 aliphatic heterocycles. The summed E-state index contributed by atoms with van der Waals surface area (Å²) in [5.41, 5.74) is 3.76. The van der Waals surface area contributed by atoms with Crippen molar-refractivity contribution in [2.45, 2.75) is 32.5 Å². The Hall–Kier alpha value is -1.17. The van der Waals surface area contributed by atoms with E-state index >= 15 is 0 Å². The zero-order valence-corrected chi connectivity index (χ0v) is 10.4. The molecule has 1 aromatic rings. The fraction of sp³-hybridized carbons (Fsp3) is 0.583. The number of aromatic nitrogens is 1. The molecule has 1 saturated heterocycles. The van der Waals surface area contributed by atoms with Crippen LogP contribution in [0.2, 0.25) is 0 Å². The van der Waals surface area contributed by atoms with Gasteiger partial charge in [-0.3, -0.25) is 4.90 Å². The van der Waals surface area contributed by atoms with Crippen molar-refractivity contribution in [1.82, 2.24) is 9.88 Å². The first-order chi connectivity index (χ1) is 8.20. The summed E-state index contributed by atoms with van der Waals surface area (Å²) in [4.78, 5) is 6.61. The van der Waals surface area contributed by atoms with E-state index in [0.29, 0.717) is 6.04 Å². The van der Waals surface area contributed by atoms with Gasteiger partial charge in [-0.15, -0.1) is 0 Å². The van der Waals surface area contributed by atoms with Gasteiger partial charge in [-0.1, -0.05) is 6.07 Å². The van der Waals surface area contributed by atoms with Gasteiger partial charge in [0, 0.05) is 30.9 Å². The number of nitrogens with zero attached hydrogens (tertiary/aromatic N) is 2.